The summed E-state index contributed by atoms with van der Waals surface area (Å²) in [6, 6.07) is 6.20. The van der Waals surface area contributed by atoms with Crippen LogP contribution in [0.15, 0.2) is 24.3 Å². The van der Waals surface area contributed by atoms with Crippen molar-refractivity contribution in [1.29, 1.82) is 0 Å². The highest BCUT2D eigenvalue weighted by atomic mass is 32.2. The number of rotatable bonds is 1. The van der Waals surface area contributed by atoms with Crippen LogP contribution in [0.5, 0.6) is 0 Å². The third-order valence-electron chi connectivity index (χ3n) is 1.95. The summed E-state index contributed by atoms with van der Waals surface area (Å²) in [6.07, 6.45) is 0. The van der Waals surface area contributed by atoms with Crippen molar-refractivity contribution < 1.29 is 13.5 Å². The maximum atomic E-state index is 11.3. The van der Waals surface area contributed by atoms with Gasteiger partial charge in [-0.05, 0) is 6.07 Å². The minimum Gasteiger partial charge on any atom is -0.233 e. The largest absolute Gasteiger partial charge is 0.293 e. The summed E-state index contributed by atoms with van der Waals surface area (Å²) >= 11 is 0. The van der Waals surface area contributed by atoms with Crippen LogP contribution in [0.2, 0.25) is 0 Å². The molecule has 0 N–H and O–H groups in total. The van der Waals surface area contributed by atoms with Gasteiger partial charge >= 0.3 is 0 Å². The first-order valence-corrected chi connectivity index (χ1v) is 5.38. The fraction of sp³-hybridized carbons (Fsp3) is 0.143. The summed E-state index contributed by atoms with van der Waals surface area (Å²) < 4.78 is 22.9. The molecule has 0 atom stereocenters. The lowest BCUT2D eigenvalue weighted by Gasteiger charge is -2.05. The molecule has 0 aliphatic carbocycles. The smallest absolute Gasteiger partial charge is 0.233 e. The van der Waals surface area contributed by atoms with Crippen molar-refractivity contribution in [3.8, 4) is 0 Å². The number of anilines is 1. The molecule has 1 heterocycles. The van der Waals surface area contributed by atoms with Crippen molar-refractivity contribution >= 4 is 15.7 Å². The average Bonchev–Trinajstić information content (AvgIpc) is 2.33. The summed E-state index contributed by atoms with van der Waals surface area (Å²) in [5.74, 6) is -0.301. The van der Waals surface area contributed by atoms with Gasteiger partial charge in [0.15, 0.2) is 5.03 Å². The molecule has 0 spiro atoms. The zero-order valence-corrected chi connectivity index (χ0v) is 7.77. The van der Waals surface area contributed by atoms with Crippen LogP contribution in [0.25, 0.3) is 0 Å². The van der Waals surface area contributed by atoms with Crippen LogP contribution in [-0.4, -0.2) is 13.5 Å². The summed E-state index contributed by atoms with van der Waals surface area (Å²) in [6.45, 7) is 0. The van der Waals surface area contributed by atoms with Crippen LogP contribution < -0.4 is 4.41 Å². The highest BCUT2D eigenvalue weighted by molar-refractivity contribution is 7.92. The summed E-state index contributed by atoms with van der Waals surface area (Å²) in [4.78, 5) is 10.5. The Bertz CT molecular complexity index is 496. The van der Waals surface area contributed by atoms with Crippen LogP contribution >= 0.6 is 0 Å². The number of sulfonamides is 1. The molecule has 0 radical (unpaired) electrons. The summed E-state index contributed by atoms with van der Waals surface area (Å²) in [7, 11) is -3.81. The molecule has 0 saturated heterocycles. The highest BCUT2D eigenvalue weighted by Crippen LogP contribution is 2.32. The standard InChI is InChI=1S/C7H6N2O4S/c10-9(11)8-7-4-2-1-3-6(7)5-14(8,12)13/h1-4H,5H2. The molecule has 1 aliphatic rings. The number of nitrogens with zero attached hydrogens (tertiary/aromatic N) is 2. The van der Waals surface area contributed by atoms with E-state index < -0.39 is 15.1 Å². The molecule has 0 saturated carbocycles. The molecule has 74 valence electrons. The second-order valence-electron chi connectivity index (χ2n) is 2.87. The first kappa shape index (κ1) is 8.95. The van der Waals surface area contributed by atoms with Gasteiger partial charge in [-0.15, -0.1) is 0 Å². The Morgan fingerprint density at radius 2 is 2.00 bits per heavy atom. The van der Waals surface area contributed by atoms with E-state index in [1.54, 1.807) is 18.2 Å². The Labute approximate surface area is 79.9 Å². The number of nitro groups is 1. The van der Waals surface area contributed by atoms with Crippen molar-refractivity contribution in [3.05, 3.63) is 39.9 Å². The molecule has 2 rings (SSSR count). The lowest BCUT2D eigenvalue weighted by molar-refractivity contribution is -0.474. The summed E-state index contributed by atoms with van der Waals surface area (Å²) in [5, 5.41) is 9.62. The van der Waals surface area contributed by atoms with E-state index in [1.807, 2.05) is 0 Å². The van der Waals surface area contributed by atoms with E-state index in [2.05, 4.69) is 0 Å². The first-order chi connectivity index (χ1) is 6.52. The number of hydrogen-bond donors (Lipinski definition) is 0. The molecular formula is C7H6N2O4S. The fourth-order valence-corrected chi connectivity index (χ4v) is 2.86. The van der Waals surface area contributed by atoms with Gasteiger partial charge in [0.05, 0.1) is 0 Å². The molecule has 0 fully saturated rings. The number of fused-ring (bicyclic) bond motifs is 1. The lowest BCUT2D eigenvalue weighted by Crippen LogP contribution is -2.32. The summed E-state index contributed by atoms with van der Waals surface area (Å²) in [5.41, 5.74) is 0.599. The quantitative estimate of drug-likeness (QED) is 0.504. The molecule has 0 amide bonds. The van der Waals surface area contributed by atoms with Crippen molar-refractivity contribution in [2.75, 3.05) is 4.41 Å². The van der Waals surface area contributed by atoms with Crippen molar-refractivity contribution in [3.63, 3.8) is 0 Å². The predicted octanol–water partition coefficient (Wildman–Crippen LogP) is 0.528. The molecule has 0 bridgehead atoms. The minimum absolute atomic E-state index is 0.137. The molecule has 1 aliphatic heterocycles. The normalized spacial score (nSPS) is 17.9. The van der Waals surface area contributed by atoms with Crippen molar-refractivity contribution in [2.45, 2.75) is 5.75 Å². The number of hydrogen-bond acceptors (Lipinski definition) is 4. The Balaban J connectivity index is 2.65. The molecular weight excluding hydrogens is 208 g/mol. The third kappa shape index (κ3) is 1.13. The van der Waals surface area contributed by atoms with Gasteiger partial charge in [-0.2, -0.15) is 0 Å². The van der Waals surface area contributed by atoms with Gasteiger partial charge in [-0.1, -0.05) is 18.2 Å². The number of para-hydroxylation sites is 1. The van der Waals surface area contributed by atoms with Crippen molar-refractivity contribution in [2.24, 2.45) is 0 Å². The number of benzene rings is 1. The third-order valence-corrected chi connectivity index (χ3v) is 3.48. The zero-order valence-electron chi connectivity index (χ0n) is 6.95. The zero-order chi connectivity index (χ0) is 10.3. The van der Waals surface area contributed by atoms with E-state index in [9.17, 15) is 18.5 Å². The van der Waals surface area contributed by atoms with Gasteiger partial charge in [0.1, 0.15) is 11.4 Å². The fourth-order valence-electron chi connectivity index (χ4n) is 1.42. The lowest BCUT2D eigenvalue weighted by atomic mass is 10.2. The molecule has 14 heavy (non-hydrogen) atoms. The van der Waals surface area contributed by atoms with Crippen LogP contribution in [0.4, 0.5) is 5.69 Å². The molecule has 7 heteroatoms. The molecule has 1 aromatic carbocycles. The van der Waals surface area contributed by atoms with Crippen LogP contribution in [0.3, 0.4) is 0 Å². The Morgan fingerprint density at radius 1 is 1.36 bits per heavy atom. The Kier molecular flexibility index (Phi) is 1.71. The average molecular weight is 214 g/mol. The second-order valence-corrected chi connectivity index (χ2v) is 4.66. The first-order valence-electron chi connectivity index (χ1n) is 3.77. The second kappa shape index (κ2) is 2.68. The van der Waals surface area contributed by atoms with E-state index in [4.69, 9.17) is 0 Å². The van der Waals surface area contributed by atoms with E-state index >= 15 is 0 Å². The van der Waals surface area contributed by atoms with Gasteiger partial charge in [0, 0.05) is 9.98 Å². The Hall–Kier alpha value is -1.63. The van der Waals surface area contributed by atoms with Crippen LogP contribution in [-0.2, 0) is 15.8 Å². The monoisotopic (exact) mass is 214 g/mol. The van der Waals surface area contributed by atoms with Gasteiger partial charge in [-0.3, -0.25) is 0 Å². The van der Waals surface area contributed by atoms with Crippen LogP contribution in [0.1, 0.15) is 5.56 Å². The Morgan fingerprint density at radius 3 is 2.64 bits per heavy atom. The van der Waals surface area contributed by atoms with E-state index in [-0.39, 0.29) is 15.9 Å². The van der Waals surface area contributed by atoms with Gasteiger partial charge < -0.3 is 0 Å². The molecule has 6 nitrogen and oxygen atoms in total. The predicted molar refractivity (Wildman–Crippen MR) is 48.5 cm³/mol. The number of hydrazine groups is 1. The van der Waals surface area contributed by atoms with E-state index in [0.29, 0.717) is 5.56 Å². The molecule has 0 unspecified atom stereocenters. The minimum atomic E-state index is -3.81. The molecule has 1 aromatic rings. The van der Waals surface area contributed by atoms with Gasteiger partial charge in [0.2, 0.25) is 0 Å². The molecule has 0 aromatic heterocycles. The van der Waals surface area contributed by atoms with Crippen LogP contribution in [0, 0.1) is 10.1 Å². The van der Waals surface area contributed by atoms with Gasteiger partial charge in [-0.25, -0.2) is 18.5 Å². The maximum Gasteiger partial charge on any atom is 0.293 e. The topological polar surface area (TPSA) is 80.5 Å². The van der Waals surface area contributed by atoms with Gasteiger partial charge in [0.25, 0.3) is 10.0 Å². The maximum absolute atomic E-state index is 11.3. The SMILES string of the molecule is O=[N+]([O-])N1c2ccccc2CS1(=O)=O. The van der Waals surface area contributed by atoms with Crippen molar-refractivity contribution in [1.82, 2.24) is 0 Å². The van der Waals surface area contributed by atoms with E-state index in [1.165, 1.54) is 6.07 Å². The van der Waals surface area contributed by atoms with E-state index in [0.717, 1.165) is 0 Å². The highest BCUT2D eigenvalue weighted by Gasteiger charge is 2.41.